The Bertz CT molecular complexity index is 652. The van der Waals surface area contributed by atoms with Crippen LogP contribution >= 0.6 is 0 Å². The Morgan fingerprint density at radius 1 is 0.920 bits per heavy atom. The number of aliphatic hydroxyl groups is 1. The van der Waals surface area contributed by atoms with Crippen molar-refractivity contribution in [1.29, 1.82) is 0 Å². The standard InChI is InChI=1S/C21H26N2O2/c24-20(19-9-5-2-6-10-19)17-22-13-15-23(16-14-22)21(25)12-11-18-7-3-1-4-8-18/h1-10,20,24H,11-17H2/t20-/m0/s1. The number of hydrogen-bond acceptors (Lipinski definition) is 3. The molecule has 0 bridgehead atoms. The topological polar surface area (TPSA) is 43.8 Å². The number of carbonyl (C=O) groups excluding carboxylic acids is 1. The summed E-state index contributed by atoms with van der Waals surface area (Å²) >= 11 is 0. The second kappa shape index (κ2) is 8.79. The van der Waals surface area contributed by atoms with Crippen molar-refractivity contribution in [2.45, 2.75) is 18.9 Å². The molecule has 1 aliphatic rings. The van der Waals surface area contributed by atoms with Crippen LogP contribution in [0.4, 0.5) is 0 Å². The minimum Gasteiger partial charge on any atom is -0.387 e. The molecule has 1 aliphatic heterocycles. The van der Waals surface area contributed by atoms with Gasteiger partial charge in [-0.3, -0.25) is 9.69 Å². The van der Waals surface area contributed by atoms with Crippen LogP contribution in [0.5, 0.6) is 0 Å². The Morgan fingerprint density at radius 2 is 1.52 bits per heavy atom. The zero-order valence-electron chi connectivity index (χ0n) is 14.6. The van der Waals surface area contributed by atoms with Gasteiger partial charge in [0.15, 0.2) is 0 Å². The molecule has 0 saturated carbocycles. The molecule has 25 heavy (non-hydrogen) atoms. The van der Waals surface area contributed by atoms with Crippen LogP contribution in [0.25, 0.3) is 0 Å². The van der Waals surface area contributed by atoms with Gasteiger partial charge in [0, 0.05) is 39.1 Å². The zero-order valence-corrected chi connectivity index (χ0v) is 14.6. The molecule has 4 heteroatoms. The van der Waals surface area contributed by atoms with Crippen LogP contribution in [0.15, 0.2) is 60.7 Å². The summed E-state index contributed by atoms with van der Waals surface area (Å²) in [6.07, 6.45) is 0.894. The highest BCUT2D eigenvalue weighted by atomic mass is 16.3. The van der Waals surface area contributed by atoms with Crippen molar-refractivity contribution in [2.75, 3.05) is 32.7 Å². The number of β-amino-alcohol motifs (C(OH)–C–C–N with tert-alkyl or cyclic N) is 1. The van der Waals surface area contributed by atoms with Crippen molar-refractivity contribution in [3.63, 3.8) is 0 Å². The number of rotatable bonds is 6. The monoisotopic (exact) mass is 338 g/mol. The highest BCUT2D eigenvalue weighted by molar-refractivity contribution is 5.76. The fourth-order valence-electron chi connectivity index (χ4n) is 3.26. The molecule has 1 N–H and O–H groups in total. The lowest BCUT2D eigenvalue weighted by Crippen LogP contribution is -2.49. The number of piperazine rings is 1. The fourth-order valence-corrected chi connectivity index (χ4v) is 3.26. The Balaban J connectivity index is 1.41. The fraction of sp³-hybridized carbons (Fsp3) is 0.381. The smallest absolute Gasteiger partial charge is 0.222 e. The maximum absolute atomic E-state index is 12.4. The van der Waals surface area contributed by atoms with Gasteiger partial charge in [-0.1, -0.05) is 60.7 Å². The van der Waals surface area contributed by atoms with Crippen molar-refractivity contribution in [3.05, 3.63) is 71.8 Å². The number of aryl methyl sites for hydroxylation is 1. The predicted octanol–water partition coefficient (Wildman–Crippen LogP) is 2.50. The van der Waals surface area contributed by atoms with Crippen molar-refractivity contribution < 1.29 is 9.90 Å². The van der Waals surface area contributed by atoms with Crippen LogP contribution in [-0.2, 0) is 11.2 Å². The minimum absolute atomic E-state index is 0.229. The van der Waals surface area contributed by atoms with Crippen LogP contribution in [-0.4, -0.2) is 53.5 Å². The highest BCUT2D eigenvalue weighted by Gasteiger charge is 2.22. The van der Waals surface area contributed by atoms with E-state index in [9.17, 15) is 9.90 Å². The first-order valence-corrected chi connectivity index (χ1v) is 8.99. The molecule has 1 atom stereocenters. The number of aliphatic hydroxyl groups excluding tert-OH is 1. The van der Waals surface area contributed by atoms with E-state index in [1.54, 1.807) is 0 Å². The van der Waals surface area contributed by atoms with Crippen LogP contribution in [0.3, 0.4) is 0 Å². The van der Waals surface area contributed by atoms with E-state index in [1.807, 2.05) is 53.4 Å². The van der Waals surface area contributed by atoms with Gasteiger partial charge < -0.3 is 10.0 Å². The summed E-state index contributed by atoms with van der Waals surface area (Å²) in [6.45, 7) is 3.75. The summed E-state index contributed by atoms with van der Waals surface area (Å²) in [5, 5.41) is 10.3. The molecular weight excluding hydrogens is 312 g/mol. The van der Waals surface area contributed by atoms with Crippen molar-refractivity contribution in [3.8, 4) is 0 Å². The molecule has 1 fully saturated rings. The molecule has 1 heterocycles. The van der Waals surface area contributed by atoms with E-state index in [-0.39, 0.29) is 5.91 Å². The lowest BCUT2D eigenvalue weighted by Gasteiger charge is -2.35. The zero-order chi connectivity index (χ0) is 17.5. The summed E-state index contributed by atoms with van der Waals surface area (Å²) in [4.78, 5) is 16.6. The largest absolute Gasteiger partial charge is 0.387 e. The normalized spacial score (nSPS) is 16.6. The third kappa shape index (κ3) is 5.15. The molecule has 0 aromatic heterocycles. The second-order valence-corrected chi connectivity index (χ2v) is 6.59. The predicted molar refractivity (Wildman–Crippen MR) is 99.2 cm³/mol. The molecule has 0 unspecified atom stereocenters. The van der Waals surface area contributed by atoms with Crippen LogP contribution < -0.4 is 0 Å². The molecule has 4 nitrogen and oxygen atoms in total. The van der Waals surface area contributed by atoms with Gasteiger partial charge in [-0.05, 0) is 17.5 Å². The first-order valence-electron chi connectivity index (χ1n) is 8.99. The summed E-state index contributed by atoms with van der Waals surface area (Å²) < 4.78 is 0. The molecule has 2 aromatic rings. The van der Waals surface area contributed by atoms with Crippen LogP contribution in [0.2, 0.25) is 0 Å². The quantitative estimate of drug-likeness (QED) is 0.880. The summed E-state index contributed by atoms with van der Waals surface area (Å²) in [7, 11) is 0. The van der Waals surface area contributed by atoms with Gasteiger partial charge in [-0.2, -0.15) is 0 Å². The van der Waals surface area contributed by atoms with E-state index in [4.69, 9.17) is 0 Å². The molecule has 2 aromatic carbocycles. The van der Waals surface area contributed by atoms with Crippen molar-refractivity contribution >= 4 is 5.91 Å². The number of nitrogens with zero attached hydrogens (tertiary/aromatic N) is 2. The van der Waals surface area contributed by atoms with Crippen molar-refractivity contribution in [1.82, 2.24) is 9.80 Å². The van der Waals surface area contributed by atoms with E-state index < -0.39 is 6.10 Å². The molecule has 0 radical (unpaired) electrons. The van der Waals surface area contributed by atoms with Crippen molar-refractivity contribution in [2.24, 2.45) is 0 Å². The number of hydrogen-bond donors (Lipinski definition) is 1. The van der Waals surface area contributed by atoms with E-state index in [2.05, 4.69) is 17.0 Å². The third-order valence-electron chi connectivity index (χ3n) is 4.81. The molecule has 132 valence electrons. The second-order valence-electron chi connectivity index (χ2n) is 6.59. The van der Waals surface area contributed by atoms with E-state index >= 15 is 0 Å². The SMILES string of the molecule is O=C(CCc1ccccc1)N1CCN(C[C@H](O)c2ccccc2)CC1. The Hall–Kier alpha value is -2.17. The average molecular weight is 338 g/mol. The molecule has 0 spiro atoms. The van der Waals surface area contributed by atoms with Crippen LogP contribution in [0.1, 0.15) is 23.7 Å². The first kappa shape index (κ1) is 17.6. The summed E-state index contributed by atoms with van der Waals surface area (Å²) in [5.41, 5.74) is 2.16. The Morgan fingerprint density at radius 3 is 2.16 bits per heavy atom. The molecule has 1 amide bonds. The average Bonchev–Trinajstić information content (AvgIpc) is 2.68. The van der Waals surface area contributed by atoms with E-state index in [1.165, 1.54) is 5.56 Å². The Labute approximate surface area is 149 Å². The van der Waals surface area contributed by atoms with Gasteiger partial charge in [0.25, 0.3) is 0 Å². The summed E-state index contributed by atoms with van der Waals surface area (Å²) in [6, 6.07) is 19.9. The van der Waals surface area contributed by atoms with Gasteiger partial charge in [0.1, 0.15) is 0 Å². The van der Waals surface area contributed by atoms with Crippen LogP contribution in [0, 0.1) is 0 Å². The van der Waals surface area contributed by atoms with Gasteiger partial charge in [-0.15, -0.1) is 0 Å². The molecular formula is C21H26N2O2. The minimum atomic E-state index is -0.471. The molecule has 0 aliphatic carbocycles. The van der Waals surface area contributed by atoms with Gasteiger partial charge in [0.05, 0.1) is 6.10 Å². The van der Waals surface area contributed by atoms with E-state index in [0.29, 0.717) is 13.0 Å². The highest BCUT2D eigenvalue weighted by Crippen LogP contribution is 2.15. The number of amides is 1. The maximum atomic E-state index is 12.4. The Kier molecular flexibility index (Phi) is 6.20. The lowest BCUT2D eigenvalue weighted by atomic mass is 10.1. The molecule has 3 rings (SSSR count). The third-order valence-corrected chi connectivity index (χ3v) is 4.81. The molecule has 1 saturated heterocycles. The lowest BCUT2D eigenvalue weighted by molar-refractivity contribution is -0.133. The van der Waals surface area contributed by atoms with Gasteiger partial charge >= 0.3 is 0 Å². The van der Waals surface area contributed by atoms with E-state index in [0.717, 1.165) is 38.2 Å². The number of carbonyl (C=O) groups is 1. The maximum Gasteiger partial charge on any atom is 0.222 e. The first-order chi connectivity index (χ1) is 12.2. The van der Waals surface area contributed by atoms with Gasteiger partial charge in [0.2, 0.25) is 5.91 Å². The summed E-state index contributed by atoms with van der Waals surface area (Å²) in [5.74, 6) is 0.229. The van der Waals surface area contributed by atoms with Gasteiger partial charge in [-0.25, -0.2) is 0 Å². The number of benzene rings is 2.